The zero-order valence-corrected chi connectivity index (χ0v) is 13.0. The summed E-state index contributed by atoms with van der Waals surface area (Å²) in [6, 6.07) is 2.02. The molecule has 1 amide bonds. The SMILES string of the molecule is Cc1occc1C(=O)NC[C@@H]([C@H]1CCOC1)N1CCOCC1. The number of ether oxygens (including phenoxy) is 2. The van der Waals surface area contributed by atoms with Gasteiger partial charge in [-0.25, -0.2) is 0 Å². The molecule has 1 aromatic heterocycles. The lowest BCUT2D eigenvalue weighted by molar-refractivity contribution is 0.00166. The summed E-state index contributed by atoms with van der Waals surface area (Å²) in [5, 5.41) is 3.06. The third-order valence-electron chi connectivity index (χ3n) is 4.60. The lowest BCUT2D eigenvalue weighted by atomic mass is 9.96. The van der Waals surface area contributed by atoms with Crippen LogP contribution in [0, 0.1) is 12.8 Å². The molecule has 2 aliphatic rings. The first-order valence-corrected chi connectivity index (χ1v) is 7.97. The predicted octanol–water partition coefficient (Wildman–Crippen LogP) is 1.06. The van der Waals surface area contributed by atoms with Gasteiger partial charge in [-0.15, -0.1) is 0 Å². The third-order valence-corrected chi connectivity index (χ3v) is 4.60. The number of nitrogens with one attached hydrogen (secondary N) is 1. The summed E-state index contributed by atoms with van der Waals surface area (Å²) in [6.45, 7) is 7.40. The van der Waals surface area contributed by atoms with Crippen LogP contribution >= 0.6 is 0 Å². The van der Waals surface area contributed by atoms with E-state index in [1.165, 1.54) is 0 Å². The highest BCUT2D eigenvalue weighted by Gasteiger charge is 2.31. The molecule has 3 heterocycles. The van der Waals surface area contributed by atoms with E-state index in [0.717, 1.165) is 45.9 Å². The molecule has 122 valence electrons. The molecule has 0 radical (unpaired) electrons. The van der Waals surface area contributed by atoms with Crippen molar-refractivity contribution >= 4 is 5.91 Å². The van der Waals surface area contributed by atoms with Gasteiger partial charge in [0.25, 0.3) is 5.91 Å². The van der Waals surface area contributed by atoms with E-state index in [9.17, 15) is 4.79 Å². The van der Waals surface area contributed by atoms with Crippen molar-refractivity contribution in [1.29, 1.82) is 0 Å². The van der Waals surface area contributed by atoms with Gasteiger partial charge >= 0.3 is 0 Å². The zero-order chi connectivity index (χ0) is 15.4. The third kappa shape index (κ3) is 3.51. The summed E-state index contributed by atoms with van der Waals surface area (Å²) in [7, 11) is 0. The molecule has 0 spiro atoms. The molecule has 3 rings (SSSR count). The monoisotopic (exact) mass is 308 g/mol. The Labute approximate surface area is 130 Å². The summed E-state index contributed by atoms with van der Waals surface area (Å²) < 4.78 is 16.2. The lowest BCUT2D eigenvalue weighted by Crippen LogP contribution is -2.52. The number of morpholine rings is 1. The van der Waals surface area contributed by atoms with Crippen molar-refractivity contribution in [3.05, 3.63) is 23.7 Å². The van der Waals surface area contributed by atoms with E-state index in [1.54, 1.807) is 19.3 Å². The Hall–Kier alpha value is -1.37. The maximum absolute atomic E-state index is 12.3. The molecule has 22 heavy (non-hydrogen) atoms. The van der Waals surface area contributed by atoms with E-state index >= 15 is 0 Å². The number of furan rings is 1. The van der Waals surface area contributed by atoms with Crippen LogP contribution in [-0.2, 0) is 9.47 Å². The van der Waals surface area contributed by atoms with E-state index in [-0.39, 0.29) is 5.91 Å². The Morgan fingerprint density at radius 3 is 2.82 bits per heavy atom. The summed E-state index contributed by atoms with van der Waals surface area (Å²) >= 11 is 0. The quantitative estimate of drug-likeness (QED) is 0.881. The van der Waals surface area contributed by atoms with Crippen LogP contribution in [0.5, 0.6) is 0 Å². The van der Waals surface area contributed by atoms with Gasteiger partial charge in [0.2, 0.25) is 0 Å². The van der Waals surface area contributed by atoms with Gasteiger partial charge in [-0.3, -0.25) is 9.69 Å². The minimum atomic E-state index is -0.0663. The van der Waals surface area contributed by atoms with Crippen molar-refractivity contribution in [3.63, 3.8) is 0 Å². The van der Waals surface area contributed by atoms with E-state index in [1.807, 2.05) is 0 Å². The fourth-order valence-corrected chi connectivity index (χ4v) is 3.27. The molecule has 2 fully saturated rings. The van der Waals surface area contributed by atoms with Crippen LogP contribution in [0.25, 0.3) is 0 Å². The summed E-state index contributed by atoms with van der Waals surface area (Å²) in [4.78, 5) is 14.7. The maximum atomic E-state index is 12.3. The second-order valence-electron chi connectivity index (χ2n) is 5.94. The zero-order valence-electron chi connectivity index (χ0n) is 13.0. The smallest absolute Gasteiger partial charge is 0.254 e. The standard InChI is InChI=1S/C16H24N2O4/c1-12-14(3-7-22-12)16(19)17-10-15(13-2-6-21-11-13)18-4-8-20-9-5-18/h3,7,13,15H,2,4-6,8-11H2,1H3,(H,17,19)/t13-,15-/m0/s1. The van der Waals surface area contributed by atoms with Crippen molar-refractivity contribution in [2.45, 2.75) is 19.4 Å². The van der Waals surface area contributed by atoms with E-state index in [0.29, 0.717) is 29.8 Å². The van der Waals surface area contributed by atoms with Gasteiger partial charge in [0.1, 0.15) is 5.76 Å². The van der Waals surface area contributed by atoms with Crippen molar-refractivity contribution in [2.24, 2.45) is 5.92 Å². The van der Waals surface area contributed by atoms with Crippen LogP contribution in [-0.4, -0.2) is 62.9 Å². The summed E-state index contributed by atoms with van der Waals surface area (Å²) in [5.74, 6) is 1.07. The number of hydrogen-bond acceptors (Lipinski definition) is 5. The number of rotatable bonds is 5. The first-order chi connectivity index (χ1) is 10.8. The molecule has 1 N–H and O–H groups in total. The van der Waals surface area contributed by atoms with Crippen molar-refractivity contribution in [3.8, 4) is 0 Å². The molecule has 6 heteroatoms. The van der Waals surface area contributed by atoms with Gasteiger partial charge in [-0.05, 0) is 19.4 Å². The highest BCUT2D eigenvalue weighted by atomic mass is 16.5. The number of nitrogens with zero attached hydrogens (tertiary/aromatic N) is 1. The van der Waals surface area contributed by atoms with E-state index in [2.05, 4.69) is 10.2 Å². The number of amides is 1. The molecule has 6 nitrogen and oxygen atoms in total. The lowest BCUT2D eigenvalue weighted by Gasteiger charge is -2.37. The minimum absolute atomic E-state index is 0.0663. The average Bonchev–Trinajstić information content (AvgIpc) is 3.20. The normalized spacial score (nSPS) is 24.3. The van der Waals surface area contributed by atoms with Crippen LogP contribution < -0.4 is 5.32 Å². The molecular formula is C16H24N2O4. The minimum Gasteiger partial charge on any atom is -0.469 e. The number of hydrogen-bond donors (Lipinski definition) is 1. The van der Waals surface area contributed by atoms with Gasteiger partial charge in [-0.1, -0.05) is 0 Å². The molecule has 2 atom stereocenters. The molecule has 0 aliphatic carbocycles. The molecule has 1 aromatic rings. The highest BCUT2D eigenvalue weighted by molar-refractivity contribution is 5.95. The molecule has 0 saturated carbocycles. The molecular weight excluding hydrogens is 284 g/mol. The van der Waals surface area contributed by atoms with Crippen molar-refractivity contribution in [1.82, 2.24) is 10.2 Å². The van der Waals surface area contributed by atoms with Crippen molar-refractivity contribution < 1.29 is 18.7 Å². The van der Waals surface area contributed by atoms with Gasteiger partial charge in [0, 0.05) is 38.2 Å². The molecule has 0 bridgehead atoms. The van der Waals surface area contributed by atoms with E-state index in [4.69, 9.17) is 13.9 Å². The fraction of sp³-hybridized carbons (Fsp3) is 0.688. The molecule has 2 saturated heterocycles. The average molecular weight is 308 g/mol. The van der Waals surface area contributed by atoms with E-state index < -0.39 is 0 Å². The highest BCUT2D eigenvalue weighted by Crippen LogP contribution is 2.22. The number of aryl methyl sites for hydroxylation is 1. The molecule has 2 aliphatic heterocycles. The van der Waals surface area contributed by atoms with Gasteiger partial charge in [0.05, 0.1) is 31.6 Å². The predicted molar refractivity (Wildman–Crippen MR) is 80.9 cm³/mol. The van der Waals surface area contributed by atoms with Crippen molar-refractivity contribution in [2.75, 3.05) is 46.1 Å². The Morgan fingerprint density at radius 2 is 2.18 bits per heavy atom. The van der Waals surface area contributed by atoms with Crippen LogP contribution in [0.2, 0.25) is 0 Å². The van der Waals surface area contributed by atoms with Gasteiger partial charge in [0.15, 0.2) is 0 Å². The second-order valence-corrected chi connectivity index (χ2v) is 5.94. The molecule has 0 aromatic carbocycles. The number of carbonyl (C=O) groups excluding carboxylic acids is 1. The summed E-state index contributed by atoms with van der Waals surface area (Å²) in [5.41, 5.74) is 0.614. The Balaban J connectivity index is 1.62. The first-order valence-electron chi connectivity index (χ1n) is 7.97. The van der Waals surface area contributed by atoms with Crippen LogP contribution in [0.4, 0.5) is 0 Å². The number of carbonyl (C=O) groups is 1. The Morgan fingerprint density at radius 1 is 1.36 bits per heavy atom. The summed E-state index contributed by atoms with van der Waals surface area (Å²) in [6.07, 6.45) is 2.61. The van der Waals surface area contributed by atoms with Gasteiger partial charge in [-0.2, -0.15) is 0 Å². The Kier molecular flexibility index (Phi) is 5.12. The fourth-order valence-electron chi connectivity index (χ4n) is 3.27. The second kappa shape index (κ2) is 7.26. The van der Waals surface area contributed by atoms with Gasteiger partial charge < -0.3 is 19.2 Å². The largest absolute Gasteiger partial charge is 0.469 e. The van der Waals surface area contributed by atoms with Crippen LogP contribution in [0.1, 0.15) is 22.5 Å². The maximum Gasteiger partial charge on any atom is 0.254 e. The first kappa shape index (κ1) is 15.5. The topological polar surface area (TPSA) is 63.9 Å². The van der Waals surface area contributed by atoms with Crippen LogP contribution in [0.15, 0.2) is 16.7 Å². The van der Waals surface area contributed by atoms with Crippen LogP contribution in [0.3, 0.4) is 0 Å². The Bertz CT molecular complexity index is 490. The molecule has 0 unspecified atom stereocenters.